The Morgan fingerprint density at radius 3 is 2.56 bits per heavy atom. The topological polar surface area (TPSA) is 66.4 Å². The Balaban J connectivity index is 2.54. The molecule has 0 aromatic rings. The van der Waals surface area contributed by atoms with E-state index in [0.29, 0.717) is 32.2 Å². The average Bonchev–Trinajstić information content (AvgIpc) is 2.22. The molecule has 0 aromatic heterocycles. The molecule has 1 rings (SSSR count). The molecular formula is C11H19NO3S. The summed E-state index contributed by atoms with van der Waals surface area (Å²) in [7, 11) is 0. The van der Waals surface area contributed by atoms with Crippen LogP contribution in [0, 0.1) is 5.41 Å². The van der Waals surface area contributed by atoms with Crippen LogP contribution in [0.1, 0.15) is 32.1 Å². The summed E-state index contributed by atoms with van der Waals surface area (Å²) < 4.78 is 0. The number of hydrogen-bond acceptors (Lipinski definition) is 4. The number of carboxylic acids is 1. The molecule has 4 nitrogen and oxygen atoms in total. The first-order valence-corrected chi connectivity index (χ1v) is 6.26. The third-order valence-corrected chi connectivity index (χ3v) is 3.41. The van der Waals surface area contributed by atoms with Crippen molar-refractivity contribution in [1.82, 2.24) is 5.32 Å². The van der Waals surface area contributed by atoms with Crippen molar-refractivity contribution in [3.05, 3.63) is 0 Å². The lowest BCUT2D eigenvalue weighted by atomic mass is 9.71. The molecule has 1 fully saturated rings. The summed E-state index contributed by atoms with van der Waals surface area (Å²) >= 11 is 4.10. The Kier molecular flexibility index (Phi) is 5.28. The Bertz CT molecular complexity index is 258. The molecule has 0 atom stereocenters. The average molecular weight is 245 g/mol. The summed E-state index contributed by atoms with van der Waals surface area (Å²) in [6.45, 7) is 1.45. The molecule has 5 heteroatoms. The van der Waals surface area contributed by atoms with E-state index >= 15 is 0 Å². The standard InChI is InChI=1S/C11H19NO3S/c13-9-1-3-11(4-2-9,7-10(14)15)8-12-5-6-16/h12,16H,1-8H2,(H,14,15). The van der Waals surface area contributed by atoms with Crippen molar-refractivity contribution in [2.45, 2.75) is 32.1 Å². The minimum absolute atomic E-state index is 0.153. The van der Waals surface area contributed by atoms with E-state index in [1.54, 1.807) is 0 Å². The summed E-state index contributed by atoms with van der Waals surface area (Å²) in [6, 6.07) is 0. The first-order chi connectivity index (χ1) is 7.58. The van der Waals surface area contributed by atoms with Gasteiger partial charge in [-0.2, -0.15) is 12.6 Å². The van der Waals surface area contributed by atoms with E-state index in [2.05, 4.69) is 17.9 Å². The van der Waals surface area contributed by atoms with Gasteiger partial charge in [-0.1, -0.05) is 0 Å². The zero-order chi connectivity index (χ0) is 12.0. The maximum absolute atomic E-state index is 11.2. The van der Waals surface area contributed by atoms with Crippen LogP contribution in [0.5, 0.6) is 0 Å². The second-order valence-electron chi connectivity index (χ2n) is 4.51. The van der Waals surface area contributed by atoms with Crippen molar-refractivity contribution < 1.29 is 14.7 Å². The molecule has 0 unspecified atom stereocenters. The van der Waals surface area contributed by atoms with Crippen molar-refractivity contribution in [3.63, 3.8) is 0 Å². The lowest BCUT2D eigenvalue weighted by molar-refractivity contribution is -0.141. The number of carbonyl (C=O) groups excluding carboxylic acids is 1. The zero-order valence-electron chi connectivity index (χ0n) is 9.37. The summed E-state index contributed by atoms with van der Waals surface area (Å²) in [6.07, 6.45) is 2.58. The van der Waals surface area contributed by atoms with Gasteiger partial charge in [-0.15, -0.1) is 0 Å². The number of ketones is 1. The number of nitrogens with one attached hydrogen (secondary N) is 1. The van der Waals surface area contributed by atoms with E-state index in [4.69, 9.17) is 5.11 Å². The minimum Gasteiger partial charge on any atom is -0.481 e. The quantitative estimate of drug-likeness (QED) is 0.484. The lowest BCUT2D eigenvalue weighted by Crippen LogP contribution is -2.40. The molecule has 0 spiro atoms. The van der Waals surface area contributed by atoms with Gasteiger partial charge >= 0.3 is 5.97 Å². The van der Waals surface area contributed by atoms with Crippen LogP contribution in [-0.4, -0.2) is 35.7 Å². The first-order valence-electron chi connectivity index (χ1n) is 5.63. The van der Waals surface area contributed by atoms with Crippen LogP contribution in [0.25, 0.3) is 0 Å². The Morgan fingerprint density at radius 2 is 2.06 bits per heavy atom. The molecular weight excluding hydrogens is 226 g/mol. The Labute approximate surface area is 101 Å². The Hall–Kier alpha value is -0.550. The SMILES string of the molecule is O=C(O)CC1(CNCCS)CCC(=O)CC1. The molecule has 2 N–H and O–H groups in total. The molecule has 1 aliphatic carbocycles. The van der Waals surface area contributed by atoms with Gasteiger partial charge in [0.25, 0.3) is 0 Å². The first kappa shape index (κ1) is 13.5. The van der Waals surface area contributed by atoms with Gasteiger partial charge in [0.1, 0.15) is 5.78 Å². The highest BCUT2D eigenvalue weighted by Gasteiger charge is 2.36. The predicted octanol–water partition coefficient (Wildman–Crippen LogP) is 1.11. The van der Waals surface area contributed by atoms with Gasteiger partial charge in [0.05, 0.1) is 6.42 Å². The smallest absolute Gasteiger partial charge is 0.303 e. The van der Waals surface area contributed by atoms with Gasteiger partial charge in [0.2, 0.25) is 0 Å². The fourth-order valence-electron chi connectivity index (χ4n) is 2.23. The van der Waals surface area contributed by atoms with Gasteiger partial charge in [0.15, 0.2) is 0 Å². The molecule has 16 heavy (non-hydrogen) atoms. The van der Waals surface area contributed by atoms with Crippen LogP contribution in [0.3, 0.4) is 0 Å². The van der Waals surface area contributed by atoms with Gasteiger partial charge in [-0.3, -0.25) is 9.59 Å². The number of Topliss-reactive ketones (excluding diaryl/α,β-unsaturated/α-hetero) is 1. The van der Waals surface area contributed by atoms with E-state index in [1.165, 1.54) is 0 Å². The number of aliphatic carboxylic acids is 1. The molecule has 0 aromatic carbocycles. The third kappa shape index (κ3) is 4.14. The van der Waals surface area contributed by atoms with Crippen molar-refractivity contribution in [3.8, 4) is 0 Å². The summed E-state index contributed by atoms with van der Waals surface area (Å²) in [5.74, 6) is 0.222. The van der Waals surface area contributed by atoms with Crippen LogP contribution < -0.4 is 5.32 Å². The number of carbonyl (C=O) groups is 2. The maximum atomic E-state index is 11.2. The van der Waals surface area contributed by atoms with Crippen molar-refractivity contribution in [1.29, 1.82) is 0 Å². The zero-order valence-corrected chi connectivity index (χ0v) is 10.3. The molecule has 0 bridgehead atoms. The lowest BCUT2D eigenvalue weighted by Gasteiger charge is -2.35. The minimum atomic E-state index is -0.776. The normalized spacial score (nSPS) is 19.7. The molecule has 92 valence electrons. The second-order valence-corrected chi connectivity index (χ2v) is 4.96. The highest BCUT2D eigenvalue weighted by atomic mass is 32.1. The molecule has 1 saturated carbocycles. The van der Waals surface area contributed by atoms with Crippen LogP contribution in [-0.2, 0) is 9.59 Å². The highest BCUT2D eigenvalue weighted by Crippen LogP contribution is 2.37. The molecule has 0 radical (unpaired) electrons. The highest BCUT2D eigenvalue weighted by molar-refractivity contribution is 7.80. The van der Waals surface area contributed by atoms with E-state index in [9.17, 15) is 9.59 Å². The largest absolute Gasteiger partial charge is 0.481 e. The summed E-state index contributed by atoms with van der Waals surface area (Å²) in [5.41, 5.74) is -0.233. The predicted molar refractivity (Wildman–Crippen MR) is 64.9 cm³/mol. The van der Waals surface area contributed by atoms with Crippen molar-refractivity contribution >= 4 is 24.4 Å². The van der Waals surface area contributed by atoms with E-state index in [0.717, 1.165) is 12.3 Å². The van der Waals surface area contributed by atoms with Crippen molar-refractivity contribution in [2.24, 2.45) is 5.41 Å². The number of hydrogen-bond donors (Lipinski definition) is 3. The van der Waals surface area contributed by atoms with Gasteiger partial charge < -0.3 is 10.4 Å². The second kappa shape index (κ2) is 6.25. The van der Waals surface area contributed by atoms with Gasteiger partial charge in [-0.25, -0.2) is 0 Å². The molecule has 1 aliphatic rings. The molecule has 0 amide bonds. The van der Waals surface area contributed by atoms with Crippen LogP contribution in [0.2, 0.25) is 0 Å². The summed E-state index contributed by atoms with van der Waals surface area (Å²) in [4.78, 5) is 22.0. The maximum Gasteiger partial charge on any atom is 0.303 e. The fourth-order valence-corrected chi connectivity index (χ4v) is 2.39. The fraction of sp³-hybridized carbons (Fsp3) is 0.818. The van der Waals surface area contributed by atoms with Crippen LogP contribution in [0.4, 0.5) is 0 Å². The Morgan fingerprint density at radius 1 is 1.44 bits per heavy atom. The van der Waals surface area contributed by atoms with E-state index < -0.39 is 5.97 Å². The number of thiol groups is 1. The molecule has 0 saturated heterocycles. The van der Waals surface area contributed by atoms with Crippen molar-refractivity contribution in [2.75, 3.05) is 18.8 Å². The van der Waals surface area contributed by atoms with Crippen LogP contribution in [0.15, 0.2) is 0 Å². The molecule has 0 aliphatic heterocycles. The van der Waals surface area contributed by atoms with E-state index in [-0.39, 0.29) is 17.6 Å². The number of rotatable bonds is 6. The van der Waals surface area contributed by atoms with Crippen LogP contribution >= 0.6 is 12.6 Å². The summed E-state index contributed by atoms with van der Waals surface area (Å²) in [5, 5.41) is 12.1. The van der Waals surface area contributed by atoms with E-state index in [1.807, 2.05) is 0 Å². The van der Waals surface area contributed by atoms with Gasteiger partial charge in [0, 0.05) is 31.7 Å². The monoisotopic (exact) mass is 245 g/mol. The molecule has 0 heterocycles. The van der Waals surface area contributed by atoms with Gasteiger partial charge in [-0.05, 0) is 18.3 Å². The third-order valence-electron chi connectivity index (χ3n) is 3.18. The number of carboxylic acid groups (broad SMARTS) is 1.